The highest BCUT2D eigenvalue weighted by Crippen LogP contribution is 2.34. The molecule has 0 aliphatic heterocycles. The molecule has 0 amide bonds. The zero-order chi connectivity index (χ0) is 14.7. The summed E-state index contributed by atoms with van der Waals surface area (Å²) in [5.41, 5.74) is 2.61. The molecule has 112 valence electrons. The number of nitrogens with zero attached hydrogens (tertiary/aromatic N) is 1. The van der Waals surface area contributed by atoms with Gasteiger partial charge in [0.1, 0.15) is 5.01 Å². The molecule has 2 aromatic rings. The van der Waals surface area contributed by atoms with Gasteiger partial charge >= 0.3 is 0 Å². The first-order valence-corrected chi connectivity index (χ1v) is 8.85. The van der Waals surface area contributed by atoms with Crippen LogP contribution in [0.2, 0.25) is 0 Å². The molecule has 1 N–H and O–H groups in total. The summed E-state index contributed by atoms with van der Waals surface area (Å²) >= 11 is 1.77. The third-order valence-electron chi connectivity index (χ3n) is 4.46. The maximum absolute atomic E-state index is 4.63. The van der Waals surface area contributed by atoms with Crippen molar-refractivity contribution in [2.24, 2.45) is 0 Å². The molecule has 1 aromatic carbocycles. The van der Waals surface area contributed by atoms with E-state index in [2.05, 4.69) is 59.9 Å². The molecule has 21 heavy (non-hydrogen) atoms. The molecule has 3 atom stereocenters. The van der Waals surface area contributed by atoms with E-state index >= 15 is 0 Å². The maximum atomic E-state index is 4.63. The lowest BCUT2D eigenvalue weighted by Gasteiger charge is -2.34. The van der Waals surface area contributed by atoms with Crippen molar-refractivity contribution < 1.29 is 0 Å². The Hall–Kier alpha value is -1.19. The lowest BCUT2D eigenvalue weighted by Crippen LogP contribution is -2.38. The summed E-state index contributed by atoms with van der Waals surface area (Å²) < 4.78 is 0. The number of rotatable bonds is 4. The van der Waals surface area contributed by atoms with Crippen molar-refractivity contribution in [3.63, 3.8) is 0 Å². The van der Waals surface area contributed by atoms with Gasteiger partial charge in [0, 0.05) is 17.1 Å². The van der Waals surface area contributed by atoms with Gasteiger partial charge in [-0.3, -0.25) is 0 Å². The fraction of sp³-hybridized carbons (Fsp3) is 0.500. The quantitative estimate of drug-likeness (QED) is 0.875. The molecule has 0 radical (unpaired) electrons. The van der Waals surface area contributed by atoms with Gasteiger partial charge in [0.15, 0.2) is 0 Å². The number of benzene rings is 1. The lowest BCUT2D eigenvalue weighted by atomic mass is 9.79. The Morgan fingerprint density at radius 2 is 1.95 bits per heavy atom. The third kappa shape index (κ3) is 3.53. The summed E-state index contributed by atoms with van der Waals surface area (Å²) in [7, 11) is 0. The van der Waals surface area contributed by atoms with Gasteiger partial charge in [0.05, 0.1) is 6.04 Å². The van der Waals surface area contributed by atoms with Crippen LogP contribution in [0.3, 0.4) is 0 Å². The van der Waals surface area contributed by atoms with Gasteiger partial charge in [0.2, 0.25) is 0 Å². The van der Waals surface area contributed by atoms with Crippen molar-refractivity contribution in [3.05, 3.63) is 52.0 Å². The zero-order valence-electron chi connectivity index (χ0n) is 12.9. The van der Waals surface area contributed by atoms with E-state index in [1.54, 1.807) is 11.3 Å². The first-order valence-electron chi connectivity index (χ1n) is 7.97. The van der Waals surface area contributed by atoms with Crippen molar-refractivity contribution in [2.45, 2.75) is 57.5 Å². The van der Waals surface area contributed by atoms with Crippen LogP contribution in [0.15, 0.2) is 35.7 Å². The summed E-state index contributed by atoms with van der Waals surface area (Å²) in [5, 5.41) is 7.20. The predicted molar refractivity (Wildman–Crippen MR) is 89.8 cm³/mol. The number of thiazole rings is 1. The predicted octanol–water partition coefficient (Wildman–Crippen LogP) is 4.83. The second kappa shape index (κ2) is 6.71. The van der Waals surface area contributed by atoms with Crippen molar-refractivity contribution in [1.82, 2.24) is 10.3 Å². The summed E-state index contributed by atoms with van der Waals surface area (Å²) in [6.45, 7) is 4.31. The molecule has 1 heterocycles. The molecule has 2 nitrogen and oxygen atoms in total. The summed E-state index contributed by atoms with van der Waals surface area (Å²) in [6, 6.07) is 11.9. The van der Waals surface area contributed by atoms with Crippen LogP contribution in [-0.4, -0.2) is 11.0 Å². The molecule has 0 spiro atoms. The van der Waals surface area contributed by atoms with E-state index in [9.17, 15) is 0 Å². The van der Waals surface area contributed by atoms with Crippen LogP contribution >= 0.6 is 11.3 Å². The van der Waals surface area contributed by atoms with E-state index in [1.165, 1.54) is 36.3 Å². The molecule has 1 aliphatic rings. The van der Waals surface area contributed by atoms with Gasteiger partial charge in [-0.25, -0.2) is 4.98 Å². The van der Waals surface area contributed by atoms with Crippen LogP contribution in [0.1, 0.15) is 60.8 Å². The summed E-state index contributed by atoms with van der Waals surface area (Å²) in [6.07, 6.45) is 5.26. The number of hydrogen-bond donors (Lipinski definition) is 1. The average molecular weight is 300 g/mol. The van der Waals surface area contributed by atoms with Crippen LogP contribution in [0.5, 0.6) is 0 Å². The van der Waals surface area contributed by atoms with Crippen molar-refractivity contribution in [2.75, 3.05) is 0 Å². The van der Waals surface area contributed by atoms with Crippen LogP contribution in [0.25, 0.3) is 0 Å². The molecule has 1 aromatic heterocycles. The molecule has 1 fully saturated rings. The minimum Gasteiger partial charge on any atom is -0.305 e. The number of aromatic nitrogens is 1. The van der Waals surface area contributed by atoms with Crippen molar-refractivity contribution in [3.8, 4) is 0 Å². The standard InChI is InChI=1S/C18H24N2S/c1-13-12-21-18(19-13)14(2)20-17-11-7-6-10-16(17)15-8-4-3-5-9-15/h3-5,8-9,12,14,16-17,20H,6-7,10-11H2,1-2H3. The highest BCUT2D eigenvalue weighted by molar-refractivity contribution is 7.09. The van der Waals surface area contributed by atoms with Crippen LogP contribution < -0.4 is 5.32 Å². The van der Waals surface area contributed by atoms with Crippen molar-refractivity contribution >= 4 is 11.3 Å². The van der Waals surface area contributed by atoms with Crippen LogP contribution in [0.4, 0.5) is 0 Å². The molecular formula is C18H24N2S. The van der Waals surface area contributed by atoms with Gasteiger partial charge < -0.3 is 5.32 Å². The van der Waals surface area contributed by atoms with E-state index in [4.69, 9.17) is 0 Å². The molecule has 3 unspecified atom stereocenters. The average Bonchev–Trinajstić information content (AvgIpc) is 2.95. The van der Waals surface area contributed by atoms with E-state index in [1.807, 2.05) is 0 Å². The van der Waals surface area contributed by atoms with Gasteiger partial charge in [-0.15, -0.1) is 11.3 Å². The normalized spacial score (nSPS) is 23.9. The Balaban J connectivity index is 1.72. The Bertz CT molecular complexity index is 564. The second-order valence-corrected chi connectivity index (χ2v) is 7.01. The Labute approximate surface area is 131 Å². The van der Waals surface area contributed by atoms with Gasteiger partial charge in [-0.2, -0.15) is 0 Å². The molecule has 0 bridgehead atoms. The van der Waals surface area contributed by atoms with Gasteiger partial charge in [-0.05, 0) is 38.2 Å². The zero-order valence-corrected chi connectivity index (χ0v) is 13.7. The first kappa shape index (κ1) is 14.7. The molecule has 3 heteroatoms. The first-order chi connectivity index (χ1) is 10.2. The van der Waals surface area contributed by atoms with E-state index in [0.29, 0.717) is 18.0 Å². The van der Waals surface area contributed by atoms with Crippen LogP contribution in [0, 0.1) is 6.92 Å². The van der Waals surface area contributed by atoms with E-state index in [0.717, 1.165) is 5.69 Å². The number of hydrogen-bond acceptors (Lipinski definition) is 3. The smallest absolute Gasteiger partial charge is 0.110 e. The highest BCUT2D eigenvalue weighted by atomic mass is 32.1. The Morgan fingerprint density at radius 3 is 2.67 bits per heavy atom. The Kier molecular flexibility index (Phi) is 4.71. The number of aryl methyl sites for hydroxylation is 1. The molecule has 0 saturated heterocycles. The maximum Gasteiger partial charge on any atom is 0.110 e. The van der Waals surface area contributed by atoms with E-state index < -0.39 is 0 Å². The molecular weight excluding hydrogens is 276 g/mol. The van der Waals surface area contributed by atoms with Gasteiger partial charge in [0.25, 0.3) is 0 Å². The number of nitrogens with one attached hydrogen (secondary N) is 1. The Morgan fingerprint density at radius 1 is 1.19 bits per heavy atom. The fourth-order valence-corrected chi connectivity index (χ4v) is 4.21. The van der Waals surface area contributed by atoms with Gasteiger partial charge in [-0.1, -0.05) is 43.2 Å². The monoisotopic (exact) mass is 300 g/mol. The lowest BCUT2D eigenvalue weighted by molar-refractivity contribution is 0.306. The SMILES string of the molecule is Cc1csc(C(C)NC2CCCCC2c2ccccc2)n1. The molecule has 1 saturated carbocycles. The molecule has 3 rings (SSSR count). The van der Waals surface area contributed by atoms with Crippen molar-refractivity contribution in [1.29, 1.82) is 0 Å². The topological polar surface area (TPSA) is 24.9 Å². The summed E-state index contributed by atoms with van der Waals surface area (Å²) in [5.74, 6) is 0.642. The minimum atomic E-state index is 0.345. The van der Waals surface area contributed by atoms with E-state index in [-0.39, 0.29) is 0 Å². The fourth-order valence-electron chi connectivity index (χ4n) is 3.39. The largest absolute Gasteiger partial charge is 0.305 e. The highest BCUT2D eigenvalue weighted by Gasteiger charge is 2.28. The minimum absolute atomic E-state index is 0.345. The van der Waals surface area contributed by atoms with Crippen LogP contribution in [-0.2, 0) is 0 Å². The second-order valence-electron chi connectivity index (χ2n) is 6.12. The third-order valence-corrected chi connectivity index (χ3v) is 5.61. The molecule has 1 aliphatic carbocycles. The summed E-state index contributed by atoms with van der Waals surface area (Å²) in [4.78, 5) is 4.63.